The van der Waals surface area contributed by atoms with Gasteiger partial charge in [-0.1, -0.05) is 17.7 Å². The molecule has 2 aliphatic heterocycles. The molecule has 1 fully saturated rings. The summed E-state index contributed by atoms with van der Waals surface area (Å²) in [4.78, 5) is 2.53. The number of anilines is 1. The van der Waals surface area contributed by atoms with Crippen LogP contribution in [-0.4, -0.2) is 25.2 Å². The van der Waals surface area contributed by atoms with E-state index in [4.69, 9.17) is 11.6 Å². The first kappa shape index (κ1) is 9.49. The molecule has 0 aromatic heterocycles. The third-order valence-electron chi connectivity index (χ3n) is 3.47. The fourth-order valence-electron chi connectivity index (χ4n) is 2.82. The SMILES string of the molecule is C[C@@H]1CNC[C@H]2Cc3ccc(Cl)cc3N21. The lowest BCUT2D eigenvalue weighted by atomic mass is 10.1. The molecule has 3 heteroatoms. The normalized spacial score (nSPS) is 28.8. The van der Waals surface area contributed by atoms with Gasteiger partial charge < -0.3 is 10.2 Å². The second-order valence-electron chi connectivity index (χ2n) is 4.55. The molecular weight excluding hydrogens is 208 g/mol. The summed E-state index contributed by atoms with van der Waals surface area (Å²) in [6.45, 7) is 4.44. The topological polar surface area (TPSA) is 15.3 Å². The number of rotatable bonds is 0. The predicted octanol–water partition coefficient (Wildman–Crippen LogP) is 2.06. The highest BCUT2D eigenvalue weighted by atomic mass is 35.5. The van der Waals surface area contributed by atoms with Gasteiger partial charge in [-0.05, 0) is 31.0 Å². The highest BCUT2D eigenvalue weighted by molar-refractivity contribution is 6.30. The van der Waals surface area contributed by atoms with E-state index in [1.165, 1.54) is 11.3 Å². The van der Waals surface area contributed by atoms with Crippen molar-refractivity contribution in [2.75, 3.05) is 18.0 Å². The van der Waals surface area contributed by atoms with Crippen LogP contribution in [0, 0.1) is 0 Å². The molecule has 2 aliphatic rings. The van der Waals surface area contributed by atoms with Crippen molar-refractivity contribution in [2.45, 2.75) is 25.4 Å². The number of hydrogen-bond acceptors (Lipinski definition) is 2. The summed E-state index contributed by atoms with van der Waals surface area (Å²) in [6.07, 6.45) is 1.16. The summed E-state index contributed by atoms with van der Waals surface area (Å²) in [5.74, 6) is 0. The van der Waals surface area contributed by atoms with E-state index in [1.54, 1.807) is 0 Å². The molecule has 0 aliphatic carbocycles. The Bertz CT molecular complexity index is 391. The summed E-state index contributed by atoms with van der Waals surface area (Å²) in [7, 11) is 0. The van der Waals surface area contributed by atoms with Crippen molar-refractivity contribution in [3.63, 3.8) is 0 Å². The van der Waals surface area contributed by atoms with E-state index >= 15 is 0 Å². The van der Waals surface area contributed by atoms with Gasteiger partial charge in [0.15, 0.2) is 0 Å². The minimum Gasteiger partial charge on any atom is -0.363 e. The maximum atomic E-state index is 6.06. The van der Waals surface area contributed by atoms with Gasteiger partial charge in [0.05, 0.1) is 0 Å². The number of piperazine rings is 1. The van der Waals surface area contributed by atoms with Gasteiger partial charge in [0, 0.05) is 35.9 Å². The molecule has 0 radical (unpaired) electrons. The minimum absolute atomic E-state index is 0.573. The van der Waals surface area contributed by atoms with Gasteiger partial charge in [-0.2, -0.15) is 0 Å². The molecule has 3 rings (SSSR count). The predicted molar refractivity (Wildman–Crippen MR) is 63.8 cm³/mol. The molecule has 80 valence electrons. The van der Waals surface area contributed by atoms with Gasteiger partial charge in [0.25, 0.3) is 0 Å². The van der Waals surface area contributed by atoms with Crippen LogP contribution >= 0.6 is 11.6 Å². The number of nitrogens with zero attached hydrogens (tertiary/aromatic N) is 1. The van der Waals surface area contributed by atoms with Crippen LogP contribution in [0.1, 0.15) is 12.5 Å². The Labute approximate surface area is 95.2 Å². The monoisotopic (exact) mass is 222 g/mol. The molecule has 1 aromatic rings. The van der Waals surface area contributed by atoms with Crippen LogP contribution in [0.4, 0.5) is 5.69 Å². The zero-order chi connectivity index (χ0) is 10.4. The summed E-state index contributed by atoms with van der Waals surface area (Å²) < 4.78 is 0. The van der Waals surface area contributed by atoms with Gasteiger partial charge in [-0.25, -0.2) is 0 Å². The molecule has 1 N–H and O–H groups in total. The number of hydrogen-bond donors (Lipinski definition) is 1. The van der Waals surface area contributed by atoms with Crippen molar-refractivity contribution in [3.8, 4) is 0 Å². The fourth-order valence-corrected chi connectivity index (χ4v) is 2.99. The largest absolute Gasteiger partial charge is 0.363 e. The molecule has 0 saturated carbocycles. The summed E-state index contributed by atoms with van der Waals surface area (Å²) in [6, 6.07) is 7.48. The van der Waals surface area contributed by atoms with Crippen LogP contribution in [0.25, 0.3) is 0 Å². The second kappa shape index (κ2) is 3.39. The highest BCUT2D eigenvalue weighted by Gasteiger charge is 2.34. The molecular formula is C12H15ClN2. The summed E-state index contributed by atoms with van der Waals surface area (Å²) >= 11 is 6.06. The Balaban J connectivity index is 2.04. The number of halogens is 1. The first-order chi connectivity index (χ1) is 7.25. The number of fused-ring (bicyclic) bond motifs is 3. The molecule has 15 heavy (non-hydrogen) atoms. The quantitative estimate of drug-likeness (QED) is 0.723. The van der Waals surface area contributed by atoms with E-state index in [1.807, 2.05) is 6.07 Å². The molecule has 0 amide bonds. The molecule has 1 saturated heterocycles. The Morgan fingerprint density at radius 2 is 2.27 bits per heavy atom. The van der Waals surface area contributed by atoms with Gasteiger partial charge in [-0.15, -0.1) is 0 Å². The van der Waals surface area contributed by atoms with Gasteiger partial charge in [-0.3, -0.25) is 0 Å². The van der Waals surface area contributed by atoms with E-state index in [-0.39, 0.29) is 0 Å². The van der Waals surface area contributed by atoms with Crippen LogP contribution in [0.15, 0.2) is 18.2 Å². The highest BCUT2D eigenvalue weighted by Crippen LogP contribution is 2.36. The third-order valence-corrected chi connectivity index (χ3v) is 3.70. The van der Waals surface area contributed by atoms with Crippen LogP contribution in [-0.2, 0) is 6.42 Å². The summed E-state index contributed by atoms with van der Waals surface area (Å²) in [5.41, 5.74) is 2.79. The molecule has 2 nitrogen and oxygen atoms in total. The van der Waals surface area contributed by atoms with Gasteiger partial charge in [0.1, 0.15) is 0 Å². The zero-order valence-electron chi connectivity index (χ0n) is 8.83. The third kappa shape index (κ3) is 1.44. The molecule has 0 unspecified atom stereocenters. The van der Waals surface area contributed by atoms with Crippen LogP contribution in [0.3, 0.4) is 0 Å². The van der Waals surface area contributed by atoms with Crippen LogP contribution in [0.5, 0.6) is 0 Å². The van der Waals surface area contributed by atoms with Crippen LogP contribution in [0.2, 0.25) is 5.02 Å². The molecule has 2 heterocycles. The average molecular weight is 223 g/mol. The lowest BCUT2D eigenvalue weighted by molar-refractivity contribution is 0.430. The van der Waals surface area contributed by atoms with E-state index in [2.05, 4.69) is 29.3 Å². The maximum Gasteiger partial charge on any atom is 0.0459 e. The van der Waals surface area contributed by atoms with Crippen molar-refractivity contribution in [3.05, 3.63) is 28.8 Å². The standard InChI is InChI=1S/C12H15ClN2/c1-8-6-14-7-11-4-9-2-3-10(13)5-12(9)15(8)11/h2-3,5,8,11,14H,4,6-7H2,1H3/t8-,11-/m1/s1. The minimum atomic E-state index is 0.573. The maximum absolute atomic E-state index is 6.06. The Morgan fingerprint density at radius 1 is 1.40 bits per heavy atom. The zero-order valence-corrected chi connectivity index (χ0v) is 9.59. The second-order valence-corrected chi connectivity index (χ2v) is 4.98. The smallest absolute Gasteiger partial charge is 0.0459 e. The molecule has 1 aromatic carbocycles. The lowest BCUT2D eigenvalue weighted by Gasteiger charge is -2.38. The molecule has 0 spiro atoms. The van der Waals surface area contributed by atoms with Crippen LogP contribution < -0.4 is 10.2 Å². The molecule has 0 bridgehead atoms. The van der Waals surface area contributed by atoms with E-state index < -0.39 is 0 Å². The Kier molecular flexibility index (Phi) is 2.15. The first-order valence-corrected chi connectivity index (χ1v) is 5.91. The number of nitrogens with one attached hydrogen (secondary N) is 1. The van der Waals surface area contributed by atoms with Gasteiger partial charge >= 0.3 is 0 Å². The Hall–Kier alpha value is -0.730. The van der Waals surface area contributed by atoms with Crippen molar-refractivity contribution in [1.29, 1.82) is 0 Å². The van der Waals surface area contributed by atoms with E-state index in [9.17, 15) is 0 Å². The van der Waals surface area contributed by atoms with Crippen molar-refractivity contribution in [1.82, 2.24) is 5.32 Å². The Morgan fingerprint density at radius 3 is 3.13 bits per heavy atom. The van der Waals surface area contributed by atoms with Crippen molar-refractivity contribution in [2.24, 2.45) is 0 Å². The summed E-state index contributed by atoms with van der Waals surface area (Å²) in [5, 5.41) is 4.33. The van der Waals surface area contributed by atoms with Crippen molar-refractivity contribution < 1.29 is 0 Å². The van der Waals surface area contributed by atoms with Gasteiger partial charge in [0.2, 0.25) is 0 Å². The fraction of sp³-hybridized carbons (Fsp3) is 0.500. The number of benzene rings is 1. The first-order valence-electron chi connectivity index (χ1n) is 5.53. The van der Waals surface area contributed by atoms with E-state index in [0.717, 1.165) is 24.5 Å². The lowest BCUT2D eigenvalue weighted by Crippen LogP contribution is -2.54. The van der Waals surface area contributed by atoms with E-state index in [0.29, 0.717) is 12.1 Å². The van der Waals surface area contributed by atoms with Crippen molar-refractivity contribution >= 4 is 17.3 Å². The average Bonchev–Trinajstić information content (AvgIpc) is 2.57. The molecule has 2 atom stereocenters.